The van der Waals surface area contributed by atoms with Gasteiger partial charge in [0, 0.05) is 25.9 Å². The third-order valence-corrected chi connectivity index (χ3v) is 4.78. The molecule has 110 valence electrons. The zero-order chi connectivity index (χ0) is 14.5. The molecule has 1 aliphatic rings. The molecule has 1 saturated carbocycles. The van der Waals surface area contributed by atoms with Gasteiger partial charge in [0.25, 0.3) is 0 Å². The minimum atomic E-state index is 0.315. The van der Waals surface area contributed by atoms with Crippen LogP contribution in [0.25, 0.3) is 0 Å². The Morgan fingerprint density at radius 2 is 2.10 bits per heavy atom. The summed E-state index contributed by atoms with van der Waals surface area (Å²) in [7, 11) is 1.93. The molecule has 20 heavy (non-hydrogen) atoms. The molecule has 2 unspecified atom stereocenters. The molecular formula is C16H25N3O. The average Bonchev–Trinajstić information content (AvgIpc) is 2.75. The van der Waals surface area contributed by atoms with Crippen molar-refractivity contribution in [2.75, 3.05) is 13.2 Å². The first-order valence-electron chi connectivity index (χ1n) is 7.54. The minimum absolute atomic E-state index is 0.315. The SMILES string of the molecule is Cc1c(CNCC2CCCCC2CO)cc(C#N)n1C. The third kappa shape index (κ3) is 3.23. The van der Waals surface area contributed by atoms with E-state index in [4.69, 9.17) is 5.26 Å². The van der Waals surface area contributed by atoms with Gasteiger partial charge in [0.1, 0.15) is 11.8 Å². The van der Waals surface area contributed by atoms with Crippen LogP contribution in [0.4, 0.5) is 0 Å². The van der Waals surface area contributed by atoms with Crippen LogP contribution >= 0.6 is 0 Å². The first-order chi connectivity index (χ1) is 9.67. The maximum absolute atomic E-state index is 9.43. The quantitative estimate of drug-likeness (QED) is 0.865. The van der Waals surface area contributed by atoms with Gasteiger partial charge >= 0.3 is 0 Å². The zero-order valence-electron chi connectivity index (χ0n) is 12.5. The van der Waals surface area contributed by atoms with Crippen LogP contribution in [-0.2, 0) is 13.6 Å². The highest BCUT2D eigenvalue weighted by atomic mass is 16.3. The number of aliphatic hydroxyl groups is 1. The summed E-state index contributed by atoms with van der Waals surface area (Å²) >= 11 is 0. The highest BCUT2D eigenvalue weighted by Gasteiger charge is 2.24. The number of nitrogens with zero attached hydrogens (tertiary/aromatic N) is 2. The van der Waals surface area contributed by atoms with Crippen LogP contribution in [-0.4, -0.2) is 22.8 Å². The van der Waals surface area contributed by atoms with Crippen LogP contribution < -0.4 is 5.32 Å². The van der Waals surface area contributed by atoms with Crippen molar-refractivity contribution in [3.05, 3.63) is 23.0 Å². The summed E-state index contributed by atoms with van der Waals surface area (Å²) in [6.45, 7) is 4.13. The summed E-state index contributed by atoms with van der Waals surface area (Å²) in [5.41, 5.74) is 3.06. The molecule has 1 aromatic heterocycles. The highest BCUT2D eigenvalue weighted by molar-refractivity contribution is 5.34. The Kier molecular flexibility index (Phi) is 5.22. The Labute approximate surface area is 121 Å². The van der Waals surface area contributed by atoms with Crippen LogP contribution in [0.3, 0.4) is 0 Å². The van der Waals surface area contributed by atoms with Gasteiger partial charge in [-0.3, -0.25) is 0 Å². The van der Waals surface area contributed by atoms with Crippen molar-refractivity contribution in [1.29, 1.82) is 5.26 Å². The molecule has 0 amide bonds. The number of rotatable bonds is 5. The lowest BCUT2D eigenvalue weighted by Crippen LogP contribution is -2.32. The number of nitrogens with one attached hydrogen (secondary N) is 1. The molecule has 4 nitrogen and oxygen atoms in total. The van der Waals surface area contributed by atoms with Crippen molar-refractivity contribution in [2.24, 2.45) is 18.9 Å². The first kappa shape index (κ1) is 15.1. The van der Waals surface area contributed by atoms with Gasteiger partial charge in [-0.05, 0) is 49.8 Å². The van der Waals surface area contributed by atoms with Crippen molar-refractivity contribution < 1.29 is 5.11 Å². The minimum Gasteiger partial charge on any atom is -0.396 e. The predicted molar refractivity (Wildman–Crippen MR) is 79.1 cm³/mol. The number of hydrogen-bond acceptors (Lipinski definition) is 3. The average molecular weight is 275 g/mol. The molecule has 4 heteroatoms. The van der Waals surface area contributed by atoms with E-state index in [0.29, 0.717) is 24.1 Å². The van der Waals surface area contributed by atoms with Crippen LogP contribution in [0.15, 0.2) is 6.07 Å². The molecule has 0 aliphatic heterocycles. The molecule has 1 fully saturated rings. The summed E-state index contributed by atoms with van der Waals surface area (Å²) in [6.07, 6.45) is 4.91. The molecule has 1 aromatic rings. The molecule has 0 saturated heterocycles. The second kappa shape index (κ2) is 6.92. The van der Waals surface area contributed by atoms with E-state index >= 15 is 0 Å². The molecular weight excluding hydrogens is 250 g/mol. The van der Waals surface area contributed by atoms with E-state index in [1.54, 1.807) is 0 Å². The molecule has 0 radical (unpaired) electrons. The first-order valence-corrected chi connectivity index (χ1v) is 7.54. The van der Waals surface area contributed by atoms with Crippen LogP contribution in [0.1, 0.15) is 42.6 Å². The van der Waals surface area contributed by atoms with Crippen LogP contribution in [0, 0.1) is 30.1 Å². The Morgan fingerprint density at radius 3 is 2.70 bits per heavy atom. The van der Waals surface area contributed by atoms with Crippen LogP contribution in [0.5, 0.6) is 0 Å². The van der Waals surface area contributed by atoms with Crippen molar-refractivity contribution in [3.63, 3.8) is 0 Å². The number of hydrogen-bond donors (Lipinski definition) is 2. The van der Waals surface area contributed by atoms with Gasteiger partial charge in [-0.1, -0.05) is 12.8 Å². The fourth-order valence-corrected chi connectivity index (χ4v) is 3.23. The Bertz CT molecular complexity index is 487. The molecule has 2 rings (SSSR count). The lowest BCUT2D eigenvalue weighted by atomic mass is 9.79. The van der Waals surface area contributed by atoms with Crippen LogP contribution in [0.2, 0.25) is 0 Å². The Hall–Kier alpha value is -1.31. The lowest BCUT2D eigenvalue weighted by molar-refractivity contribution is 0.133. The molecule has 0 aromatic carbocycles. The van der Waals surface area contributed by atoms with Crippen molar-refractivity contribution in [1.82, 2.24) is 9.88 Å². The molecule has 2 N–H and O–H groups in total. The van der Waals surface area contributed by atoms with E-state index in [1.165, 1.54) is 24.8 Å². The molecule has 1 heterocycles. The smallest absolute Gasteiger partial charge is 0.120 e. The molecule has 2 atom stereocenters. The third-order valence-electron chi connectivity index (χ3n) is 4.78. The van der Waals surface area contributed by atoms with E-state index in [0.717, 1.165) is 25.2 Å². The number of aliphatic hydroxyl groups excluding tert-OH is 1. The van der Waals surface area contributed by atoms with E-state index in [2.05, 4.69) is 18.3 Å². The van der Waals surface area contributed by atoms with Crippen molar-refractivity contribution in [3.8, 4) is 6.07 Å². The van der Waals surface area contributed by atoms with Gasteiger partial charge < -0.3 is 15.0 Å². The van der Waals surface area contributed by atoms with E-state index in [1.807, 2.05) is 17.7 Å². The summed E-state index contributed by atoms with van der Waals surface area (Å²) < 4.78 is 1.94. The number of aromatic nitrogens is 1. The second-order valence-corrected chi connectivity index (χ2v) is 5.93. The number of nitriles is 1. The zero-order valence-corrected chi connectivity index (χ0v) is 12.5. The van der Waals surface area contributed by atoms with Gasteiger partial charge in [-0.25, -0.2) is 0 Å². The fraction of sp³-hybridized carbons (Fsp3) is 0.688. The Balaban J connectivity index is 1.88. The van der Waals surface area contributed by atoms with E-state index < -0.39 is 0 Å². The van der Waals surface area contributed by atoms with Gasteiger partial charge in [0.15, 0.2) is 0 Å². The standard InChI is InChI=1S/C16H25N3O/c1-12-15(7-16(8-17)19(12)2)10-18-9-13-5-3-4-6-14(13)11-20/h7,13-14,18,20H,3-6,9-11H2,1-2H3. The molecule has 0 spiro atoms. The summed E-state index contributed by atoms with van der Waals surface area (Å²) in [5, 5.41) is 22.0. The Morgan fingerprint density at radius 1 is 1.40 bits per heavy atom. The summed E-state index contributed by atoms with van der Waals surface area (Å²) in [4.78, 5) is 0. The van der Waals surface area contributed by atoms with Crippen molar-refractivity contribution in [2.45, 2.75) is 39.2 Å². The fourth-order valence-electron chi connectivity index (χ4n) is 3.23. The maximum Gasteiger partial charge on any atom is 0.120 e. The monoisotopic (exact) mass is 275 g/mol. The predicted octanol–water partition coefficient (Wildman–Crippen LogP) is 2.09. The maximum atomic E-state index is 9.43. The van der Waals surface area contributed by atoms with Gasteiger partial charge in [-0.15, -0.1) is 0 Å². The van der Waals surface area contributed by atoms with E-state index in [-0.39, 0.29) is 0 Å². The van der Waals surface area contributed by atoms with Gasteiger partial charge in [0.2, 0.25) is 0 Å². The van der Waals surface area contributed by atoms with Gasteiger partial charge in [-0.2, -0.15) is 5.26 Å². The van der Waals surface area contributed by atoms with Crippen molar-refractivity contribution >= 4 is 0 Å². The van der Waals surface area contributed by atoms with Gasteiger partial charge in [0.05, 0.1) is 0 Å². The second-order valence-electron chi connectivity index (χ2n) is 5.93. The topological polar surface area (TPSA) is 61.0 Å². The molecule has 0 bridgehead atoms. The highest BCUT2D eigenvalue weighted by Crippen LogP contribution is 2.29. The summed E-state index contributed by atoms with van der Waals surface area (Å²) in [5.74, 6) is 1.05. The van der Waals surface area contributed by atoms with E-state index in [9.17, 15) is 5.11 Å². The normalized spacial score (nSPS) is 22.7. The summed E-state index contributed by atoms with van der Waals surface area (Å²) in [6, 6.07) is 4.18. The largest absolute Gasteiger partial charge is 0.396 e. The molecule has 1 aliphatic carbocycles. The lowest BCUT2D eigenvalue weighted by Gasteiger charge is -2.30.